The Hall–Kier alpha value is -1.08. The van der Waals surface area contributed by atoms with Crippen LogP contribution in [0.5, 0.6) is 0 Å². The van der Waals surface area contributed by atoms with Gasteiger partial charge in [0.2, 0.25) is 0 Å². The van der Waals surface area contributed by atoms with Gasteiger partial charge >= 0.3 is 5.97 Å². The molecule has 0 spiro atoms. The Morgan fingerprint density at radius 3 is 2.79 bits per heavy atom. The minimum atomic E-state index is -0.672. The van der Waals surface area contributed by atoms with Gasteiger partial charge in [-0.1, -0.05) is 11.8 Å². The number of methoxy groups -OCH3 is 1. The molecule has 0 amide bonds. The number of hydrogen-bond donors (Lipinski definition) is 1. The van der Waals surface area contributed by atoms with Crippen molar-refractivity contribution in [2.75, 3.05) is 12.9 Å². The average molecular weight is 286 g/mol. The second kappa shape index (κ2) is 6.91. The third kappa shape index (κ3) is 4.50. The Balaban J connectivity index is 2.58. The third-order valence-electron chi connectivity index (χ3n) is 2.75. The summed E-state index contributed by atoms with van der Waals surface area (Å²) in [7, 11) is 3.31. The average Bonchev–Trinajstić information content (AvgIpc) is 2.73. The van der Waals surface area contributed by atoms with E-state index in [1.54, 1.807) is 18.1 Å². The molecule has 1 rings (SSSR count). The van der Waals surface area contributed by atoms with Gasteiger partial charge in [0.1, 0.15) is 11.9 Å². The summed E-state index contributed by atoms with van der Waals surface area (Å²) in [4.78, 5) is 11.9. The number of esters is 1. The number of aryl methyl sites for hydroxylation is 1. The molecule has 1 atom stereocenters. The molecule has 0 bridgehead atoms. The van der Waals surface area contributed by atoms with E-state index in [2.05, 4.69) is 15.5 Å². The minimum Gasteiger partial charge on any atom is -0.468 e. The lowest BCUT2D eigenvalue weighted by atomic mass is 9.98. The summed E-state index contributed by atoms with van der Waals surface area (Å²) in [5.74, 6) is 0.525. The molecule has 1 aromatic rings. The molecule has 0 aliphatic carbocycles. The molecule has 0 aromatic carbocycles. The van der Waals surface area contributed by atoms with Gasteiger partial charge in [0.15, 0.2) is 5.16 Å². The number of carbonyl (C=O) groups excluding carboxylic acids is 1. The zero-order valence-corrected chi connectivity index (χ0v) is 13.0. The van der Waals surface area contributed by atoms with Gasteiger partial charge in [-0.3, -0.25) is 10.1 Å². The van der Waals surface area contributed by atoms with Crippen LogP contribution >= 0.6 is 11.8 Å². The Kier molecular flexibility index (Phi) is 5.81. The van der Waals surface area contributed by atoms with Crippen LogP contribution in [0.25, 0.3) is 0 Å². The van der Waals surface area contributed by atoms with Crippen LogP contribution in [0, 0.1) is 0 Å². The number of nitrogens with one attached hydrogen (secondary N) is 1. The summed E-state index contributed by atoms with van der Waals surface area (Å²) in [5.41, 5.74) is -0.672. The van der Waals surface area contributed by atoms with Crippen molar-refractivity contribution in [3.05, 3.63) is 6.33 Å². The number of aromatic nitrogens is 3. The van der Waals surface area contributed by atoms with E-state index in [1.807, 2.05) is 32.4 Å². The molecule has 0 radical (unpaired) electrons. The van der Waals surface area contributed by atoms with Crippen molar-refractivity contribution in [3.8, 4) is 0 Å². The molecule has 0 fully saturated rings. The van der Waals surface area contributed by atoms with Crippen LogP contribution in [0.2, 0.25) is 0 Å². The maximum atomic E-state index is 11.9. The molecule has 19 heavy (non-hydrogen) atoms. The van der Waals surface area contributed by atoms with Gasteiger partial charge in [-0.05, 0) is 27.2 Å². The fraction of sp³-hybridized carbons (Fsp3) is 0.750. The van der Waals surface area contributed by atoms with E-state index in [-0.39, 0.29) is 12.0 Å². The number of nitrogens with zero attached hydrogens (tertiary/aromatic N) is 3. The van der Waals surface area contributed by atoms with E-state index >= 15 is 0 Å². The van der Waals surface area contributed by atoms with Crippen LogP contribution in [-0.4, -0.2) is 45.2 Å². The first-order chi connectivity index (χ1) is 8.89. The van der Waals surface area contributed by atoms with Crippen molar-refractivity contribution >= 4 is 17.7 Å². The highest BCUT2D eigenvalue weighted by Gasteiger charge is 2.34. The first-order valence-electron chi connectivity index (χ1n) is 6.22. The second-order valence-electron chi connectivity index (χ2n) is 4.95. The number of carbonyl (C=O) groups is 1. The monoisotopic (exact) mass is 286 g/mol. The van der Waals surface area contributed by atoms with E-state index in [0.717, 1.165) is 10.9 Å². The van der Waals surface area contributed by atoms with Gasteiger partial charge in [0.25, 0.3) is 0 Å². The van der Waals surface area contributed by atoms with Crippen LogP contribution in [0.4, 0.5) is 0 Å². The van der Waals surface area contributed by atoms with Gasteiger partial charge in [0, 0.05) is 18.8 Å². The molecule has 7 heteroatoms. The number of thioether (sulfide) groups is 1. The highest BCUT2D eigenvalue weighted by atomic mass is 32.2. The van der Waals surface area contributed by atoms with E-state index in [4.69, 9.17) is 4.74 Å². The number of ether oxygens (including phenoxy) is 1. The first kappa shape index (κ1) is 16.0. The zero-order valence-electron chi connectivity index (χ0n) is 12.1. The minimum absolute atomic E-state index is 0.212. The summed E-state index contributed by atoms with van der Waals surface area (Å²) in [6.07, 6.45) is 2.32. The fourth-order valence-electron chi connectivity index (χ4n) is 1.85. The summed E-state index contributed by atoms with van der Waals surface area (Å²) in [6.45, 7) is 5.89. The maximum absolute atomic E-state index is 11.9. The largest absolute Gasteiger partial charge is 0.468 e. The molecular weight excluding hydrogens is 264 g/mol. The third-order valence-corrected chi connectivity index (χ3v) is 3.78. The number of hydrogen-bond acceptors (Lipinski definition) is 6. The molecular formula is C12H22N4O2S. The van der Waals surface area contributed by atoms with E-state index in [0.29, 0.717) is 6.42 Å². The molecule has 108 valence electrons. The van der Waals surface area contributed by atoms with Gasteiger partial charge < -0.3 is 9.30 Å². The van der Waals surface area contributed by atoms with Gasteiger partial charge in [-0.2, -0.15) is 0 Å². The van der Waals surface area contributed by atoms with Crippen molar-refractivity contribution in [3.63, 3.8) is 0 Å². The first-order valence-corrected chi connectivity index (χ1v) is 7.20. The SMILES string of the molecule is COC(=O)C(C)(CCSc1nncn1C)NC(C)C. The van der Waals surface area contributed by atoms with Crippen molar-refractivity contribution in [1.29, 1.82) is 0 Å². The van der Waals surface area contributed by atoms with Crippen molar-refractivity contribution < 1.29 is 9.53 Å². The Labute approximate surface area is 118 Å². The lowest BCUT2D eigenvalue weighted by molar-refractivity contribution is -0.148. The van der Waals surface area contributed by atoms with Crippen LogP contribution in [0.3, 0.4) is 0 Å². The predicted molar refractivity (Wildman–Crippen MR) is 75.0 cm³/mol. The molecule has 0 saturated carbocycles. The van der Waals surface area contributed by atoms with E-state index < -0.39 is 5.54 Å². The van der Waals surface area contributed by atoms with E-state index in [1.165, 1.54) is 7.11 Å². The Morgan fingerprint density at radius 1 is 1.63 bits per heavy atom. The lowest BCUT2D eigenvalue weighted by Crippen LogP contribution is -2.53. The molecule has 0 saturated heterocycles. The molecule has 0 aliphatic rings. The Morgan fingerprint density at radius 2 is 2.32 bits per heavy atom. The summed E-state index contributed by atoms with van der Waals surface area (Å²) >= 11 is 1.58. The standard InChI is InChI=1S/C12H22N4O2S/c1-9(2)14-12(3,10(17)18-5)6-7-19-11-15-13-8-16(11)4/h8-9,14H,6-7H2,1-5H3. The van der Waals surface area contributed by atoms with Crippen molar-refractivity contribution in [1.82, 2.24) is 20.1 Å². The predicted octanol–water partition coefficient (Wildman–Crippen LogP) is 1.23. The summed E-state index contributed by atoms with van der Waals surface area (Å²) < 4.78 is 6.74. The van der Waals surface area contributed by atoms with Crippen molar-refractivity contribution in [2.45, 2.75) is 43.9 Å². The number of rotatable bonds is 7. The lowest BCUT2D eigenvalue weighted by Gasteiger charge is -2.30. The van der Waals surface area contributed by atoms with Gasteiger partial charge in [0.05, 0.1) is 7.11 Å². The van der Waals surface area contributed by atoms with Gasteiger partial charge in [-0.25, -0.2) is 0 Å². The highest BCUT2D eigenvalue weighted by molar-refractivity contribution is 7.99. The Bertz CT molecular complexity index is 422. The maximum Gasteiger partial charge on any atom is 0.325 e. The molecule has 1 heterocycles. The highest BCUT2D eigenvalue weighted by Crippen LogP contribution is 2.21. The van der Waals surface area contributed by atoms with Gasteiger partial charge in [-0.15, -0.1) is 10.2 Å². The summed E-state index contributed by atoms with van der Waals surface area (Å²) in [6, 6.07) is 0.212. The van der Waals surface area contributed by atoms with Crippen LogP contribution in [-0.2, 0) is 16.6 Å². The quantitative estimate of drug-likeness (QED) is 0.600. The normalized spacial score (nSPS) is 14.4. The fourth-order valence-corrected chi connectivity index (χ4v) is 2.89. The second-order valence-corrected chi connectivity index (χ2v) is 6.01. The molecule has 0 aliphatic heterocycles. The van der Waals surface area contributed by atoms with E-state index in [9.17, 15) is 4.79 Å². The zero-order chi connectivity index (χ0) is 14.5. The molecule has 1 unspecified atom stereocenters. The van der Waals surface area contributed by atoms with Crippen LogP contribution in [0.1, 0.15) is 27.2 Å². The topological polar surface area (TPSA) is 69.0 Å². The molecule has 1 aromatic heterocycles. The van der Waals surface area contributed by atoms with Crippen molar-refractivity contribution in [2.24, 2.45) is 7.05 Å². The van der Waals surface area contributed by atoms with Crippen LogP contribution in [0.15, 0.2) is 11.5 Å². The smallest absolute Gasteiger partial charge is 0.325 e. The molecule has 6 nitrogen and oxygen atoms in total. The molecule has 1 N–H and O–H groups in total. The summed E-state index contributed by atoms with van der Waals surface area (Å²) in [5, 5.41) is 11.9. The van der Waals surface area contributed by atoms with Crippen LogP contribution < -0.4 is 5.32 Å².